The molecule has 3 nitrogen and oxygen atoms in total. The second kappa shape index (κ2) is 7.22. The van der Waals surface area contributed by atoms with E-state index in [0.29, 0.717) is 5.56 Å². The Morgan fingerprint density at radius 3 is 2.85 bits per heavy atom. The third-order valence-electron chi connectivity index (χ3n) is 3.20. The molecule has 0 N–H and O–H groups in total. The lowest BCUT2D eigenvalue weighted by Gasteiger charge is -2.18. The molecule has 1 heterocycles. The summed E-state index contributed by atoms with van der Waals surface area (Å²) in [5.41, 5.74) is 1.73. The molecule has 0 atom stereocenters. The van der Waals surface area contributed by atoms with E-state index in [9.17, 15) is 4.79 Å². The van der Waals surface area contributed by atoms with Crippen molar-refractivity contribution >= 4 is 17.6 Å². The minimum Gasteiger partial charge on any atom is -0.496 e. The van der Waals surface area contributed by atoms with Gasteiger partial charge in [0.1, 0.15) is 12.0 Å². The smallest absolute Gasteiger partial charge is 0.150 e. The molecule has 0 saturated carbocycles. The second-order valence-corrected chi connectivity index (χ2v) is 5.79. The van der Waals surface area contributed by atoms with E-state index in [1.807, 2.05) is 12.1 Å². The van der Waals surface area contributed by atoms with Gasteiger partial charge in [-0.25, -0.2) is 0 Å². The van der Waals surface area contributed by atoms with Crippen LogP contribution in [0.25, 0.3) is 0 Å². The standard InChI is InChI=1S/C16H19NO2S/c1-17(8-7-15-4-3-9-20-15)11-14-10-13(12-18)5-6-16(14)19-2/h3-6,9-10,12H,7-8,11H2,1-2H3. The van der Waals surface area contributed by atoms with Crippen LogP contribution in [0.15, 0.2) is 35.7 Å². The van der Waals surface area contributed by atoms with E-state index in [1.54, 1.807) is 24.5 Å². The number of aldehydes is 1. The van der Waals surface area contributed by atoms with E-state index in [-0.39, 0.29) is 0 Å². The molecule has 0 aliphatic carbocycles. The third-order valence-corrected chi connectivity index (χ3v) is 4.14. The van der Waals surface area contributed by atoms with Crippen molar-refractivity contribution in [3.05, 3.63) is 51.7 Å². The highest BCUT2D eigenvalue weighted by atomic mass is 32.1. The first kappa shape index (κ1) is 14.8. The van der Waals surface area contributed by atoms with Crippen molar-refractivity contribution in [3.63, 3.8) is 0 Å². The first-order chi connectivity index (χ1) is 9.72. The van der Waals surface area contributed by atoms with Gasteiger partial charge in [0.2, 0.25) is 0 Å². The molecule has 4 heteroatoms. The minimum absolute atomic E-state index is 0.687. The van der Waals surface area contributed by atoms with Gasteiger partial charge in [-0.3, -0.25) is 4.79 Å². The zero-order chi connectivity index (χ0) is 14.4. The van der Waals surface area contributed by atoms with Crippen LogP contribution in [0.4, 0.5) is 0 Å². The highest BCUT2D eigenvalue weighted by molar-refractivity contribution is 7.09. The van der Waals surface area contributed by atoms with Crippen LogP contribution in [0.3, 0.4) is 0 Å². The number of hydrogen-bond acceptors (Lipinski definition) is 4. The van der Waals surface area contributed by atoms with Crippen molar-refractivity contribution in [2.75, 3.05) is 20.7 Å². The number of hydrogen-bond donors (Lipinski definition) is 0. The number of benzene rings is 1. The minimum atomic E-state index is 0.687. The third kappa shape index (κ3) is 3.92. The largest absolute Gasteiger partial charge is 0.496 e. The summed E-state index contributed by atoms with van der Waals surface area (Å²) in [5, 5.41) is 2.10. The number of carbonyl (C=O) groups excluding carboxylic acids is 1. The van der Waals surface area contributed by atoms with Crippen LogP contribution in [0, 0.1) is 0 Å². The van der Waals surface area contributed by atoms with Gasteiger partial charge in [-0.1, -0.05) is 6.07 Å². The Kier molecular flexibility index (Phi) is 5.32. The van der Waals surface area contributed by atoms with Crippen molar-refractivity contribution < 1.29 is 9.53 Å². The molecule has 2 rings (SSSR count). The Morgan fingerprint density at radius 1 is 1.35 bits per heavy atom. The summed E-state index contributed by atoms with van der Waals surface area (Å²) >= 11 is 1.79. The van der Waals surface area contributed by atoms with E-state index in [1.165, 1.54) is 4.88 Å². The van der Waals surface area contributed by atoms with Crippen LogP contribution in [-0.4, -0.2) is 31.9 Å². The van der Waals surface area contributed by atoms with Crippen molar-refractivity contribution in [1.29, 1.82) is 0 Å². The summed E-state index contributed by atoms with van der Waals surface area (Å²) in [4.78, 5) is 14.5. The molecule has 0 radical (unpaired) electrons. The first-order valence-corrected chi connectivity index (χ1v) is 7.44. The van der Waals surface area contributed by atoms with Gasteiger partial charge in [0.15, 0.2) is 0 Å². The lowest BCUT2D eigenvalue weighted by Crippen LogP contribution is -2.21. The maximum atomic E-state index is 10.9. The van der Waals surface area contributed by atoms with Crippen LogP contribution in [0.2, 0.25) is 0 Å². The zero-order valence-electron chi connectivity index (χ0n) is 11.8. The van der Waals surface area contributed by atoms with E-state index in [2.05, 4.69) is 29.5 Å². The van der Waals surface area contributed by atoms with E-state index in [4.69, 9.17) is 4.74 Å². The number of nitrogens with zero attached hydrogens (tertiary/aromatic N) is 1. The van der Waals surface area contributed by atoms with E-state index >= 15 is 0 Å². The van der Waals surface area contributed by atoms with Crippen molar-refractivity contribution in [3.8, 4) is 5.75 Å². The Hall–Kier alpha value is -1.65. The molecular formula is C16H19NO2S. The van der Waals surface area contributed by atoms with E-state index in [0.717, 1.165) is 37.1 Å². The van der Waals surface area contributed by atoms with Gasteiger partial charge in [0, 0.05) is 29.1 Å². The number of rotatable bonds is 7. The molecule has 20 heavy (non-hydrogen) atoms. The Labute approximate surface area is 123 Å². The van der Waals surface area contributed by atoms with Crippen LogP contribution in [0.5, 0.6) is 5.75 Å². The summed E-state index contributed by atoms with van der Waals surface area (Å²) in [5.74, 6) is 0.832. The number of methoxy groups -OCH3 is 1. The van der Waals surface area contributed by atoms with E-state index < -0.39 is 0 Å². The molecule has 0 aliphatic heterocycles. The van der Waals surface area contributed by atoms with Crippen molar-refractivity contribution in [2.45, 2.75) is 13.0 Å². The summed E-state index contributed by atoms with van der Waals surface area (Å²) in [6, 6.07) is 9.77. The Bertz CT molecular complexity index is 552. The molecule has 0 aliphatic rings. The molecule has 0 unspecified atom stereocenters. The maximum absolute atomic E-state index is 10.9. The fourth-order valence-corrected chi connectivity index (χ4v) is 2.82. The van der Waals surface area contributed by atoms with Gasteiger partial charge in [-0.05, 0) is 43.1 Å². The summed E-state index contributed by atoms with van der Waals surface area (Å²) in [7, 11) is 3.74. The molecule has 106 valence electrons. The predicted molar refractivity (Wildman–Crippen MR) is 82.7 cm³/mol. The number of thiophene rings is 1. The normalized spacial score (nSPS) is 10.8. The number of likely N-dealkylation sites (N-methyl/N-ethyl adjacent to an activating group) is 1. The van der Waals surface area contributed by atoms with Crippen molar-refractivity contribution in [1.82, 2.24) is 4.90 Å². The van der Waals surface area contributed by atoms with Crippen LogP contribution in [-0.2, 0) is 13.0 Å². The molecule has 0 saturated heterocycles. The summed E-state index contributed by atoms with van der Waals surface area (Å²) in [6.45, 7) is 1.76. The fraction of sp³-hybridized carbons (Fsp3) is 0.312. The maximum Gasteiger partial charge on any atom is 0.150 e. The average Bonchev–Trinajstić information content (AvgIpc) is 2.98. The molecule has 0 fully saturated rings. The highest BCUT2D eigenvalue weighted by Crippen LogP contribution is 2.21. The first-order valence-electron chi connectivity index (χ1n) is 6.56. The molecule has 0 spiro atoms. The summed E-state index contributed by atoms with van der Waals surface area (Å²) < 4.78 is 5.36. The van der Waals surface area contributed by atoms with Crippen LogP contribution >= 0.6 is 11.3 Å². The SMILES string of the molecule is COc1ccc(C=O)cc1CN(C)CCc1cccs1. The van der Waals surface area contributed by atoms with Gasteiger partial charge in [0.25, 0.3) is 0 Å². The molecule has 0 bridgehead atoms. The van der Waals surface area contributed by atoms with Gasteiger partial charge in [-0.2, -0.15) is 0 Å². The molecule has 2 aromatic rings. The van der Waals surface area contributed by atoms with Gasteiger partial charge >= 0.3 is 0 Å². The van der Waals surface area contributed by atoms with Gasteiger partial charge < -0.3 is 9.64 Å². The lowest BCUT2D eigenvalue weighted by atomic mass is 10.1. The van der Waals surface area contributed by atoms with Crippen LogP contribution < -0.4 is 4.74 Å². The monoisotopic (exact) mass is 289 g/mol. The van der Waals surface area contributed by atoms with Crippen molar-refractivity contribution in [2.24, 2.45) is 0 Å². The average molecular weight is 289 g/mol. The van der Waals surface area contributed by atoms with Crippen LogP contribution in [0.1, 0.15) is 20.8 Å². The Morgan fingerprint density at radius 2 is 2.20 bits per heavy atom. The van der Waals surface area contributed by atoms with Gasteiger partial charge in [0.05, 0.1) is 7.11 Å². The molecular weight excluding hydrogens is 270 g/mol. The predicted octanol–water partition coefficient (Wildman–Crippen LogP) is 3.24. The topological polar surface area (TPSA) is 29.5 Å². The Balaban J connectivity index is 1.98. The highest BCUT2D eigenvalue weighted by Gasteiger charge is 2.08. The second-order valence-electron chi connectivity index (χ2n) is 4.76. The zero-order valence-corrected chi connectivity index (χ0v) is 12.7. The fourth-order valence-electron chi connectivity index (χ4n) is 2.12. The molecule has 1 aromatic heterocycles. The quantitative estimate of drug-likeness (QED) is 0.733. The lowest BCUT2D eigenvalue weighted by molar-refractivity contribution is 0.112. The molecule has 0 amide bonds. The number of ether oxygens (including phenoxy) is 1. The molecule has 1 aromatic carbocycles. The van der Waals surface area contributed by atoms with Gasteiger partial charge in [-0.15, -0.1) is 11.3 Å². The summed E-state index contributed by atoms with van der Waals surface area (Å²) in [6.07, 6.45) is 1.92. The number of carbonyl (C=O) groups is 1.